The van der Waals surface area contributed by atoms with E-state index in [1.165, 1.54) is 11.3 Å². The van der Waals surface area contributed by atoms with Gasteiger partial charge in [-0.15, -0.1) is 0 Å². The van der Waals surface area contributed by atoms with Crippen LogP contribution in [-0.2, 0) is 0 Å². The molecule has 1 aromatic carbocycles. The van der Waals surface area contributed by atoms with Crippen LogP contribution in [-0.4, -0.2) is 31.6 Å². The Morgan fingerprint density at radius 2 is 2.09 bits per heavy atom. The number of likely N-dealkylation sites (N-methyl/N-ethyl adjacent to an activating group) is 1. The molecule has 0 heterocycles. The highest BCUT2D eigenvalue weighted by Crippen LogP contribution is 2.23. The summed E-state index contributed by atoms with van der Waals surface area (Å²) in [6.07, 6.45) is 6.46. The van der Waals surface area contributed by atoms with Gasteiger partial charge in [-0.1, -0.05) is 36.2 Å². The van der Waals surface area contributed by atoms with Crippen LogP contribution in [0.1, 0.15) is 36.0 Å². The topological polar surface area (TPSA) is 33.5 Å². The van der Waals surface area contributed by atoms with E-state index >= 15 is 0 Å². The first-order chi connectivity index (χ1) is 10.5. The van der Waals surface area contributed by atoms with Crippen molar-refractivity contribution in [1.82, 2.24) is 5.32 Å². The highest BCUT2D eigenvalue weighted by Gasteiger charge is 2.32. The molecule has 0 saturated heterocycles. The Morgan fingerprint density at radius 3 is 2.77 bits per heavy atom. The van der Waals surface area contributed by atoms with Crippen molar-refractivity contribution in [2.24, 2.45) is 0 Å². The zero-order valence-corrected chi connectivity index (χ0v) is 14.4. The molecule has 2 N–H and O–H groups in total. The van der Waals surface area contributed by atoms with E-state index in [9.17, 15) is 4.79 Å². The third-order valence-corrected chi connectivity index (χ3v) is 5.10. The van der Waals surface area contributed by atoms with E-state index in [1.807, 2.05) is 6.08 Å². The standard InChI is InChI=1S/C17H22Cl2N2O/c1-3-10-21(2)16-7-5-4-6-15(16)20-17(22)12-8-9-13(18)14(19)11-12/h3,8-9,11,15-16H,1,4-7,10H2,2H3,(H,20,22)/p+1. The van der Waals surface area contributed by atoms with Crippen molar-refractivity contribution in [3.63, 3.8) is 0 Å². The van der Waals surface area contributed by atoms with E-state index in [0.717, 1.165) is 25.8 Å². The predicted molar refractivity (Wildman–Crippen MR) is 91.9 cm³/mol. The van der Waals surface area contributed by atoms with Crippen LogP contribution in [0, 0.1) is 0 Å². The van der Waals surface area contributed by atoms with Crippen molar-refractivity contribution in [3.8, 4) is 0 Å². The van der Waals surface area contributed by atoms with Gasteiger partial charge in [-0.05, 0) is 37.1 Å². The lowest BCUT2D eigenvalue weighted by Gasteiger charge is -2.35. The van der Waals surface area contributed by atoms with Gasteiger partial charge in [0.05, 0.1) is 29.7 Å². The number of halogens is 2. The minimum absolute atomic E-state index is 0.0816. The molecule has 1 aliphatic rings. The smallest absolute Gasteiger partial charge is 0.251 e. The fourth-order valence-electron chi connectivity index (χ4n) is 3.16. The lowest BCUT2D eigenvalue weighted by Crippen LogP contribution is -3.14. The number of benzene rings is 1. The second-order valence-electron chi connectivity index (χ2n) is 5.94. The molecule has 1 amide bonds. The minimum atomic E-state index is -0.0816. The molecule has 3 unspecified atom stereocenters. The molecular formula is C17H23Cl2N2O+. The van der Waals surface area contributed by atoms with Gasteiger partial charge in [-0.3, -0.25) is 4.79 Å². The summed E-state index contributed by atoms with van der Waals surface area (Å²) in [7, 11) is 2.16. The van der Waals surface area contributed by atoms with E-state index < -0.39 is 0 Å². The van der Waals surface area contributed by atoms with E-state index in [-0.39, 0.29) is 11.9 Å². The summed E-state index contributed by atoms with van der Waals surface area (Å²) < 4.78 is 0. The summed E-state index contributed by atoms with van der Waals surface area (Å²) in [6, 6.07) is 5.61. The Labute approximate surface area is 142 Å². The molecule has 1 fully saturated rings. The average Bonchev–Trinajstić information content (AvgIpc) is 2.50. The fourth-order valence-corrected chi connectivity index (χ4v) is 3.46. The number of hydrogen-bond acceptors (Lipinski definition) is 1. The van der Waals surface area contributed by atoms with Gasteiger partial charge >= 0.3 is 0 Å². The lowest BCUT2D eigenvalue weighted by atomic mass is 9.89. The first-order valence-electron chi connectivity index (χ1n) is 7.72. The highest BCUT2D eigenvalue weighted by atomic mass is 35.5. The Hall–Kier alpha value is -1.03. The summed E-state index contributed by atoms with van der Waals surface area (Å²) in [6.45, 7) is 4.72. The summed E-state index contributed by atoms with van der Waals surface area (Å²) in [4.78, 5) is 13.9. The second-order valence-corrected chi connectivity index (χ2v) is 6.75. The highest BCUT2D eigenvalue weighted by molar-refractivity contribution is 6.42. The molecule has 0 bridgehead atoms. The van der Waals surface area contributed by atoms with Crippen molar-refractivity contribution in [2.45, 2.75) is 37.8 Å². The molecule has 5 heteroatoms. The predicted octanol–water partition coefficient (Wildman–Crippen LogP) is 2.74. The molecule has 3 atom stereocenters. The van der Waals surface area contributed by atoms with Gasteiger partial charge in [-0.2, -0.15) is 0 Å². The van der Waals surface area contributed by atoms with Crippen molar-refractivity contribution >= 4 is 29.1 Å². The first kappa shape index (κ1) is 17.3. The normalized spacial score (nSPS) is 22.9. The van der Waals surface area contributed by atoms with Crippen molar-refractivity contribution in [2.75, 3.05) is 13.6 Å². The quantitative estimate of drug-likeness (QED) is 0.793. The van der Waals surface area contributed by atoms with E-state index in [0.29, 0.717) is 21.7 Å². The molecule has 1 saturated carbocycles. The van der Waals surface area contributed by atoms with Crippen LogP contribution in [0.3, 0.4) is 0 Å². The molecule has 0 aliphatic heterocycles. The summed E-state index contributed by atoms with van der Waals surface area (Å²) in [5.74, 6) is -0.0816. The number of nitrogens with one attached hydrogen (secondary N) is 2. The Kier molecular flexibility index (Phi) is 6.30. The molecule has 22 heavy (non-hydrogen) atoms. The maximum absolute atomic E-state index is 12.5. The Bertz CT molecular complexity index is 547. The zero-order chi connectivity index (χ0) is 16.1. The van der Waals surface area contributed by atoms with Crippen molar-refractivity contribution in [1.29, 1.82) is 0 Å². The largest absolute Gasteiger partial charge is 0.343 e. The molecule has 3 nitrogen and oxygen atoms in total. The molecule has 1 aromatic rings. The maximum atomic E-state index is 12.5. The van der Waals surface area contributed by atoms with Gasteiger partial charge in [0.15, 0.2) is 0 Å². The first-order valence-corrected chi connectivity index (χ1v) is 8.47. The van der Waals surface area contributed by atoms with Crippen molar-refractivity contribution < 1.29 is 9.69 Å². The lowest BCUT2D eigenvalue weighted by molar-refractivity contribution is -0.902. The van der Waals surface area contributed by atoms with Crippen LogP contribution >= 0.6 is 23.2 Å². The van der Waals surface area contributed by atoms with Gasteiger partial charge in [-0.25, -0.2) is 0 Å². The summed E-state index contributed by atoms with van der Waals surface area (Å²) in [5, 5.41) is 4.04. The van der Waals surface area contributed by atoms with E-state index in [4.69, 9.17) is 23.2 Å². The van der Waals surface area contributed by atoms with Gasteiger partial charge in [0.1, 0.15) is 6.04 Å². The van der Waals surface area contributed by atoms with Crippen LogP contribution in [0.15, 0.2) is 30.9 Å². The van der Waals surface area contributed by atoms with E-state index in [2.05, 4.69) is 18.9 Å². The Balaban J connectivity index is 2.07. The molecule has 2 rings (SSSR count). The van der Waals surface area contributed by atoms with Gasteiger partial charge < -0.3 is 10.2 Å². The van der Waals surface area contributed by atoms with Gasteiger partial charge in [0.25, 0.3) is 5.91 Å². The van der Waals surface area contributed by atoms with Crippen LogP contribution < -0.4 is 10.2 Å². The van der Waals surface area contributed by atoms with Crippen LogP contribution in [0.4, 0.5) is 0 Å². The number of amides is 1. The molecule has 0 radical (unpaired) electrons. The number of carbonyl (C=O) groups is 1. The zero-order valence-electron chi connectivity index (χ0n) is 12.9. The minimum Gasteiger partial charge on any atom is -0.343 e. The number of quaternary nitrogens is 1. The van der Waals surface area contributed by atoms with Gasteiger partial charge in [0, 0.05) is 12.0 Å². The molecular weight excluding hydrogens is 319 g/mol. The SMILES string of the molecule is C=CC[NH+](C)C1CCCCC1NC(=O)c1ccc(Cl)c(Cl)c1. The monoisotopic (exact) mass is 341 g/mol. The summed E-state index contributed by atoms with van der Waals surface area (Å²) >= 11 is 11.9. The summed E-state index contributed by atoms with van der Waals surface area (Å²) in [5.41, 5.74) is 0.556. The molecule has 0 spiro atoms. The third kappa shape index (κ3) is 4.25. The maximum Gasteiger partial charge on any atom is 0.251 e. The molecule has 1 aliphatic carbocycles. The third-order valence-electron chi connectivity index (χ3n) is 4.36. The number of hydrogen-bond donors (Lipinski definition) is 2. The second kappa shape index (κ2) is 8.00. The van der Waals surface area contributed by atoms with Crippen molar-refractivity contribution in [3.05, 3.63) is 46.5 Å². The molecule has 120 valence electrons. The van der Waals surface area contributed by atoms with Crippen LogP contribution in [0.2, 0.25) is 10.0 Å². The van der Waals surface area contributed by atoms with Crippen LogP contribution in [0.5, 0.6) is 0 Å². The number of rotatable bonds is 5. The van der Waals surface area contributed by atoms with Gasteiger partial charge in [0.2, 0.25) is 0 Å². The van der Waals surface area contributed by atoms with E-state index in [1.54, 1.807) is 18.2 Å². The Morgan fingerprint density at radius 1 is 1.36 bits per heavy atom. The number of carbonyl (C=O) groups excluding carboxylic acids is 1. The fraction of sp³-hybridized carbons (Fsp3) is 0.471. The average molecular weight is 342 g/mol. The molecule has 0 aromatic heterocycles. The van der Waals surface area contributed by atoms with Crippen LogP contribution in [0.25, 0.3) is 0 Å².